The maximum Gasteiger partial charge on any atom is 0.508 e. The minimum absolute atomic E-state index is 0.0302. The fraction of sp³-hybridized carbons (Fsp3) is 0.788. The molecule has 4 nitrogen and oxygen atoms in total. The number of carbonyl (C=O) groups excluding carboxylic acids is 1. The molecule has 0 bridgehead atoms. The summed E-state index contributed by atoms with van der Waals surface area (Å²) in [6, 6.07) is 6.03. The Morgan fingerprint density at radius 3 is 2.38 bits per heavy atom. The predicted octanol–water partition coefficient (Wildman–Crippen LogP) is 9.33. The fourth-order valence-electron chi connectivity index (χ4n) is 8.22. The summed E-state index contributed by atoms with van der Waals surface area (Å²) in [5.74, 6) is 2.80. The Hall–Kier alpha value is -1.71. The minimum atomic E-state index is -0.457. The highest BCUT2D eigenvalue weighted by Gasteiger charge is 2.58. The fourth-order valence-corrected chi connectivity index (χ4v) is 8.22. The molecule has 0 aliphatic heterocycles. The summed E-state index contributed by atoms with van der Waals surface area (Å²) in [7, 11) is 0. The van der Waals surface area contributed by atoms with Gasteiger partial charge in [-0.05, 0) is 85.5 Å². The molecule has 2 fully saturated rings. The molecule has 0 radical (unpaired) electrons. The lowest BCUT2D eigenvalue weighted by Gasteiger charge is -2.53. The SMILES string of the molecule is CCCCCCCCCCCCOC(=O)O[C@H]1CCC2C3C(CC[C@@]21C)c1ccc(O)cc1C[C@H]3CC. The van der Waals surface area contributed by atoms with E-state index in [9.17, 15) is 9.90 Å². The van der Waals surface area contributed by atoms with E-state index in [1.807, 2.05) is 12.1 Å². The van der Waals surface area contributed by atoms with Crippen molar-refractivity contribution in [3.63, 3.8) is 0 Å². The number of unbranched alkanes of at least 4 members (excludes halogenated alkanes) is 9. The zero-order chi connectivity index (χ0) is 26.3. The summed E-state index contributed by atoms with van der Waals surface area (Å²) < 4.78 is 11.5. The molecule has 37 heavy (non-hydrogen) atoms. The normalized spacial score (nSPS) is 30.3. The molecular weight excluding hydrogens is 460 g/mol. The van der Waals surface area contributed by atoms with E-state index in [2.05, 4.69) is 26.8 Å². The lowest BCUT2D eigenvalue weighted by molar-refractivity contribution is -0.0635. The smallest absolute Gasteiger partial charge is 0.508 e. The van der Waals surface area contributed by atoms with Crippen molar-refractivity contribution in [2.75, 3.05) is 6.61 Å². The van der Waals surface area contributed by atoms with E-state index in [4.69, 9.17) is 9.47 Å². The van der Waals surface area contributed by atoms with Crippen molar-refractivity contribution in [3.8, 4) is 5.75 Å². The molecule has 1 aromatic carbocycles. The highest BCUT2D eigenvalue weighted by atomic mass is 16.7. The van der Waals surface area contributed by atoms with Gasteiger partial charge in [0.2, 0.25) is 0 Å². The third kappa shape index (κ3) is 6.66. The van der Waals surface area contributed by atoms with Crippen molar-refractivity contribution in [3.05, 3.63) is 29.3 Å². The average Bonchev–Trinajstić information content (AvgIpc) is 3.22. The van der Waals surface area contributed by atoms with Crippen LogP contribution in [0.25, 0.3) is 0 Å². The van der Waals surface area contributed by atoms with E-state index in [1.54, 1.807) is 0 Å². The maximum atomic E-state index is 12.6. The lowest BCUT2D eigenvalue weighted by Crippen LogP contribution is -2.48. The van der Waals surface area contributed by atoms with Crippen LogP contribution in [0, 0.1) is 23.2 Å². The molecule has 6 atom stereocenters. The molecule has 2 saturated carbocycles. The number of hydrogen-bond acceptors (Lipinski definition) is 4. The molecule has 0 saturated heterocycles. The number of fused-ring (bicyclic) bond motifs is 5. The maximum absolute atomic E-state index is 12.6. The Kier molecular flexibility index (Phi) is 10.2. The van der Waals surface area contributed by atoms with Crippen LogP contribution < -0.4 is 0 Å². The molecule has 208 valence electrons. The first-order chi connectivity index (χ1) is 18.0. The van der Waals surface area contributed by atoms with Gasteiger partial charge in [-0.25, -0.2) is 4.79 Å². The highest BCUT2D eigenvalue weighted by molar-refractivity contribution is 5.60. The van der Waals surface area contributed by atoms with Gasteiger partial charge in [-0.15, -0.1) is 0 Å². The molecule has 3 aliphatic carbocycles. The minimum Gasteiger partial charge on any atom is -0.508 e. The van der Waals surface area contributed by atoms with Crippen LogP contribution in [0.4, 0.5) is 4.79 Å². The molecule has 0 spiro atoms. The van der Waals surface area contributed by atoms with Crippen LogP contribution in [0.1, 0.15) is 134 Å². The second kappa shape index (κ2) is 13.4. The zero-order valence-electron chi connectivity index (χ0n) is 23.8. The standard InChI is InChI=1S/C33H52O4/c1-4-6-7-8-9-10-11-12-13-14-21-36-32(35)37-30-18-17-29-31-24(5-2)22-25-23-26(34)15-16-27(25)28(31)19-20-33(29,30)3/h15-16,23-24,28-31,34H,4-14,17-22H2,1-3H3/t24-,28?,29?,30+,31?,33+/m1/s1. The van der Waals surface area contributed by atoms with Gasteiger partial charge in [0, 0.05) is 5.41 Å². The van der Waals surface area contributed by atoms with E-state index in [0.29, 0.717) is 36.0 Å². The van der Waals surface area contributed by atoms with Crippen LogP contribution >= 0.6 is 0 Å². The van der Waals surface area contributed by atoms with Crippen LogP contribution in [-0.2, 0) is 15.9 Å². The summed E-state index contributed by atoms with van der Waals surface area (Å²) in [4.78, 5) is 12.6. The van der Waals surface area contributed by atoms with Gasteiger partial charge in [0.15, 0.2) is 0 Å². The van der Waals surface area contributed by atoms with Gasteiger partial charge in [-0.3, -0.25) is 0 Å². The molecule has 1 aromatic rings. The average molecular weight is 513 g/mol. The van der Waals surface area contributed by atoms with Gasteiger partial charge in [0.05, 0.1) is 6.61 Å². The first-order valence-corrected chi connectivity index (χ1v) is 15.6. The Bertz CT molecular complexity index is 866. The third-order valence-corrected chi connectivity index (χ3v) is 10.3. The number of carbonyl (C=O) groups is 1. The number of phenolic OH excluding ortho intramolecular Hbond substituents is 1. The van der Waals surface area contributed by atoms with Gasteiger partial charge in [-0.1, -0.05) is 91.0 Å². The summed E-state index contributed by atoms with van der Waals surface area (Å²) >= 11 is 0. The molecule has 3 unspecified atom stereocenters. The molecule has 4 heteroatoms. The van der Waals surface area contributed by atoms with E-state index in [0.717, 1.165) is 51.4 Å². The second-order valence-corrected chi connectivity index (χ2v) is 12.6. The van der Waals surface area contributed by atoms with Crippen LogP contribution in [0.5, 0.6) is 5.75 Å². The molecule has 0 amide bonds. The molecule has 4 rings (SSSR count). The Labute approximate surface area is 225 Å². The first-order valence-electron chi connectivity index (χ1n) is 15.6. The van der Waals surface area contributed by atoms with Crippen molar-refractivity contribution >= 4 is 6.16 Å². The number of ether oxygens (including phenoxy) is 2. The van der Waals surface area contributed by atoms with E-state index < -0.39 is 6.16 Å². The summed E-state index contributed by atoms with van der Waals surface area (Å²) in [6.45, 7) is 7.43. The quantitative estimate of drug-likeness (QED) is 0.211. The number of phenols is 1. The zero-order valence-corrected chi connectivity index (χ0v) is 23.8. The Morgan fingerprint density at radius 1 is 0.973 bits per heavy atom. The van der Waals surface area contributed by atoms with Crippen LogP contribution in [0.3, 0.4) is 0 Å². The number of rotatable bonds is 13. The van der Waals surface area contributed by atoms with Crippen LogP contribution in [0.15, 0.2) is 18.2 Å². The van der Waals surface area contributed by atoms with Crippen molar-refractivity contribution in [2.24, 2.45) is 23.2 Å². The molecule has 0 heterocycles. The van der Waals surface area contributed by atoms with Crippen molar-refractivity contribution in [2.45, 2.75) is 136 Å². The van der Waals surface area contributed by atoms with Crippen LogP contribution in [0.2, 0.25) is 0 Å². The van der Waals surface area contributed by atoms with E-state index in [1.165, 1.54) is 62.5 Å². The Morgan fingerprint density at radius 2 is 1.68 bits per heavy atom. The Balaban J connectivity index is 1.22. The van der Waals surface area contributed by atoms with Gasteiger partial charge < -0.3 is 14.6 Å². The van der Waals surface area contributed by atoms with E-state index in [-0.39, 0.29) is 11.5 Å². The summed E-state index contributed by atoms with van der Waals surface area (Å²) in [5.41, 5.74) is 2.84. The third-order valence-electron chi connectivity index (χ3n) is 10.3. The van der Waals surface area contributed by atoms with Crippen molar-refractivity contribution < 1.29 is 19.4 Å². The monoisotopic (exact) mass is 512 g/mol. The largest absolute Gasteiger partial charge is 0.508 e. The topological polar surface area (TPSA) is 55.8 Å². The molecule has 0 aromatic heterocycles. The first kappa shape index (κ1) is 28.3. The number of hydrogen-bond donors (Lipinski definition) is 1. The van der Waals surface area contributed by atoms with Gasteiger partial charge >= 0.3 is 6.16 Å². The van der Waals surface area contributed by atoms with E-state index >= 15 is 0 Å². The van der Waals surface area contributed by atoms with Gasteiger partial charge in [-0.2, -0.15) is 0 Å². The lowest BCUT2D eigenvalue weighted by atomic mass is 9.52. The predicted molar refractivity (Wildman–Crippen MR) is 150 cm³/mol. The number of benzene rings is 1. The molecular formula is C33H52O4. The highest BCUT2D eigenvalue weighted by Crippen LogP contribution is 2.63. The van der Waals surface area contributed by atoms with Gasteiger partial charge in [0.25, 0.3) is 0 Å². The van der Waals surface area contributed by atoms with Gasteiger partial charge in [0.1, 0.15) is 11.9 Å². The number of aromatic hydroxyl groups is 1. The summed E-state index contributed by atoms with van der Waals surface area (Å²) in [6.07, 6.45) is 18.8. The summed E-state index contributed by atoms with van der Waals surface area (Å²) in [5, 5.41) is 10.1. The van der Waals surface area contributed by atoms with Crippen molar-refractivity contribution in [1.82, 2.24) is 0 Å². The van der Waals surface area contributed by atoms with Crippen molar-refractivity contribution in [1.29, 1.82) is 0 Å². The second-order valence-electron chi connectivity index (χ2n) is 12.6. The van der Waals surface area contributed by atoms with Crippen LogP contribution in [-0.4, -0.2) is 24.0 Å². The molecule has 3 aliphatic rings. The molecule has 1 N–H and O–H groups in total.